The summed E-state index contributed by atoms with van der Waals surface area (Å²) in [6, 6.07) is 1.88. The molecule has 1 rings (SSSR count). The maximum absolute atomic E-state index is 13.6. The summed E-state index contributed by atoms with van der Waals surface area (Å²) in [5.74, 6) is -0.685. The molecule has 0 amide bonds. The molecule has 1 aromatic carbocycles. The Hall–Kier alpha value is -1.54. The van der Waals surface area contributed by atoms with E-state index in [-0.39, 0.29) is 10.5 Å². The minimum absolute atomic E-state index is 0.0694. The number of aryl methyl sites for hydroxylation is 1. The van der Waals surface area contributed by atoms with Crippen molar-refractivity contribution >= 4 is 15.7 Å². The molecule has 118 valence electrons. The summed E-state index contributed by atoms with van der Waals surface area (Å²) < 4.78 is 39.5. The second-order valence-corrected chi connectivity index (χ2v) is 7.38. The number of hydrogen-bond acceptors (Lipinski definition) is 4. The van der Waals surface area contributed by atoms with Gasteiger partial charge in [0.2, 0.25) is 15.8 Å². The third-order valence-electron chi connectivity index (χ3n) is 3.14. The van der Waals surface area contributed by atoms with Gasteiger partial charge in [0.1, 0.15) is 0 Å². The predicted octanol–water partition coefficient (Wildman–Crippen LogP) is 2.71. The molecule has 0 fully saturated rings. The molecule has 0 saturated heterocycles. The number of halogens is 1. The zero-order chi connectivity index (χ0) is 16.4. The summed E-state index contributed by atoms with van der Waals surface area (Å²) in [7, 11) is -2.46. The van der Waals surface area contributed by atoms with Crippen molar-refractivity contribution in [1.29, 1.82) is 0 Å². The van der Waals surface area contributed by atoms with E-state index in [1.807, 2.05) is 13.8 Å². The molecule has 0 bridgehead atoms. The average molecular weight is 318 g/mol. The average Bonchev–Trinajstić information content (AvgIpc) is 2.38. The molecule has 0 N–H and O–H groups in total. The molecule has 6 nitrogen and oxygen atoms in total. The fraction of sp³-hybridized carbons (Fsp3) is 0.538. The van der Waals surface area contributed by atoms with Gasteiger partial charge in [-0.1, -0.05) is 13.8 Å². The highest BCUT2D eigenvalue weighted by molar-refractivity contribution is 7.89. The van der Waals surface area contributed by atoms with Crippen LogP contribution in [0.5, 0.6) is 0 Å². The van der Waals surface area contributed by atoms with Gasteiger partial charge in [0.05, 0.1) is 9.82 Å². The van der Waals surface area contributed by atoms with Crippen LogP contribution in [0.25, 0.3) is 0 Å². The van der Waals surface area contributed by atoms with Gasteiger partial charge < -0.3 is 0 Å². The van der Waals surface area contributed by atoms with Gasteiger partial charge >= 0.3 is 5.69 Å². The van der Waals surface area contributed by atoms with Crippen LogP contribution in [0.3, 0.4) is 0 Å². The molecular weight excluding hydrogens is 299 g/mol. The van der Waals surface area contributed by atoms with E-state index in [2.05, 4.69) is 0 Å². The first-order chi connectivity index (χ1) is 9.57. The molecular formula is C13H19FN2O4S. The van der Waals surface area contributed by atoms with Crippen LogP contribution >= 0.6 is 0 Å². The second-order valence-electron chi connectivity index (χ2n) is 5.34. The van der Waals surface area contributed by atoms with Crippen molar-refractivity contribution in [3.63, 3.8) is 0 Å². The fourth-order valence-corrected chi connectivity index (χ4v) is 3.03. The molecule has 0 radical (unpaired) electrons. The van der Waals surface area contributed by atoms with Gasteiger partial charge in [-0.2, -0.15) is 4.39 Å². The van der Waals surface area contributed by atoms with Gasteiger partial charge in [0.15, 0.2) is 0 Å². The molecule has 1 aromatic rings. The molecule has 0 unspecified atom stereocenters. The van der Waals surface area contributed by atoms with Crippen LogP contribution < -0.4 is 0 Å². The maximum atomic E-state index is 13.6. The van der Waals surface area contributed by atoms with E-state index >= 15 is 0 Å². The molecule has 0 aliphatic heterocycles. The Bertz CT molecular complexity index is 644. The molecule has 21 heavy (non-hydrogen) atoms. The van der Waals surface area contributed by atoms with Crippen LogP contribution in [0.4, 0.5) is 10.1 Å². The lowest BCUT2D eigenvalue weighted by atomic mass is 10.1. The summed E-state index contributed by atoms with van der Waals surface area (Å²) >= 11 is 0. The van der Waals surface area contributed by atoms with Crippen LogP contribution in [0.2, 0.25) is 0 Å². The van der Waals surface area contributed by atoms with E-state index in [4.69, 9.17) is 0 Å². The first kappa shape index (κ1) is 17.5. The lowest BCUT2D eigenvalue weighted by Gasteiger charge is -2.18. The highest BCUT2D eigenvalue weighted by Crippen LogP contribution is 2.26. The normalized spacial score (nSPS) is 12.1. The number of nitro groups is 1. The van der Waals surface area contributed by atoms with Gasteiger partial charge in [0, 0.05) is 19.7 Å². The molecule has 0 heterocycles. The van der Waals surface area contributed by atoms with E-state index < -0.39 is 26.5 Å². The molecule has 0 aromatic heterocycles. The predicted molar refractivity (Wildman–Crippen MR) is 77.1 cm³/mol. The second kappa shape index (κ2) is 6.48. The van der Waals surface area contributed by atoms with E-state index in [9.17, 15) is 22.9 Å². The van der Waals surface area contributed by atoms with Crippen molar-refractivity contribution in [3.05, 3.63) is 33.6 Å². The molecule has 0 spiro atoms. The van der Waals surface area contributed by atoms with Gasteiger partial charge in [-0.05, 0) is 30.9 Å². The Morgan fingerprint density at radius 2 is 1.95 bits per heavy atom. The van der Waals surface area contributed by atoms with E-state index in [0.29, 0.717) is 18.9 Å². The Labute approximate surface area is 123 Å². The van der Waals surface area contributed by atoms with Crippen LogP contribution in [-0.2, 0) is 10.0 Å². The molecule has 0 atom stereocenters. The standard InChI is InChI=1S/C13H19FN2O4S/c1-9(2)5-6-15(4)21(19,20)11-7-10(3)13(14)12(8-11)16(17)18/h7-9H,5-6H2,1-4H3. The number of nitro benzene ring substituents is 1. The summed E-state index contributed by atoms with van der Waals surface area (Å²) in [5, 5.41) is 10.8. The quantitative estimate of drug-likeness (QED) is 0.596. The number of nitrogens with zero attached hydrogens (tertiary/aromatic N) is 2. The molecule has 0 aliphatic carbocycles. The van der Waals surface area contributed by atoms with Gasteiger partial charge in [0.25, 0.3) is 0 Å². The minimum atomic E-state index is -3.87. The Morgan fingerprint density at radius 3 is 2.43 bits per heavy atom. The maximum Gasteiger partial charge on any atom is 0.306 e. The lowest BCUT2D eigenvalue weighted by molar-refractivity contribution is -0.387. The number of rotatable bonds is 6. The number of hydrogen-bond donors (Lipinski definition) is 0. The van der Waals surface area contributed by atoms with Gasteiger partial charge in [-0.25, -0.2) is 12.7 Å². The highest BCUT2D eigenvalue weighted by atomic mass is 32.2. The van der Waals surface area contributed by atoms with Crippen molar-refractivity contribution in [3.8, 4) is 0 Å². The molecule has 8 heteroatoms. The third kappa shape index (κ3) is 3.98. The summed E-state index contributed by atoms with van der Waals surface area (Å²) in [4.78, 5) is 9.61. The first-order valence-electron chi connectivity index (χ1n) is 6.48. The van der Waals surface area contributed by atoms with E-state index in [1.54, 1.807) is 0 Å². The fourth-order valence-electron chi connectivity index (χ4n) is 1.74. The topological polar surface area (TPSA) is 80.5 Å². The molecule has 0 aliphatic rings. The zero-order valence-corrected chi connectivity index (χ0v) is 13.3. The van der Waals surface area contributed by atoms with Crippen LogP contribution in [-0.4, -0.2) is 31.2 Å². The van der Waals surface area contributed by atoms with Crippen molar-refractivity contribution in [2.24, 2.45) is 5.92 Å². The van der Waals surface area contributed by atoms with Crippen LogP contribution in [0, 0.1) is 28.8 Å². The summed E-state index contributed by atoms with van der Waals surface area (Å²) in [6.07, 6.45) is 0.665. The Kier molecular flexibility index (Phi) is 5.41. The van der Waals surface area contributed by atoms with E-state index in [0.717, 1.165) is 16.4 Å². The third-order valence-corrected chi connectivity index (χ3v) is 4.97. The summed E-state index contributed by atoms with van der Waals surface area (Å²) in [5.41, 5.74) is -0.897. The van der Waals surface area contributed by atoms with Crippen molar-refractivity contribution in [2.75, 3.05) is 13.6 Å². The Morgan fingerprint density at radius 1 is 1.38 bits per heavy atom. The molecule has 0 saturated carbocycles. The zero-order valence-electron chi connectivity index (χ0n) is 12.5. The first-order valence-corrected chi connectivity index (χ1v) is 7.92. The van der Waals surface area contributed by atoms with Crippen molar-refractivity contribution in [1.82, 2.24) is 4.31 Å². The largest absolute Gasteiger partial charge is 0.306 e. The smallest absolute Gasteiger partial charge is 0.258 e. The van der Waals surface area contributed by atoms with Crippen molar-refractivity contribution < 1.29 is 17.7 Å². The lowest BCUT2D eigenvalue weighted by Crippen LogP contribution is -2.29. The highest BCUT2D eigenvalue weighted by Gasteiger charge is 2.26. The minimum Gasteiger partial charge on any atom is -0.258 e. The monoisotopic (exact) mass is 318 g/mol. The van der Waals surface area contributed by atoms with Gasteiger partial charge in [-0.3, -0.25) is 10.1 Å². The Balaban J connectivity index is 3.23. The van der Waals surface area contributed by atoms with Crippen LogP contribution in [0.15, 0.2) is 17.0 Å². The number of benzene rings is 1. The summed E-state index contributed by atoms with van der Waals surface area (Å²) in [6.45, 7) is 5.53. The van der Waals surface area contributed by atoms with Gasteiger partial charge in [-0.15, -0.1) is 0 Å². The van der Waals surface area contributed by atoms with Crippen LogP contribution in [0.1, 0.15) is 25.8 Å². The van der Waals surface area contributed by atoms with E-state index in [1.165, 1.54) is 14.0 Å². The van der Waals surface area contributed by atoms with Crippen molar-refractivity contribution in [2.45, 2.75) is 32.1 Å². The SMILES string of the molecule is Cc1cc(S(=O)(=O)N(C)CCC(C)C)cc([N+](=O)[O-])c1F. The number of sulfonamides is 1.